The van der Waals surface area contributed by atoms with Crippen LogP contribution in [0.25, 0.3) is 0 Å². The van der Waals surface area contributed by atoms with E-state index in [-0.39, 0.29) is 22.8 Å². The van der Waals surface area contributed by atoms with Crippen LogP contribution < -0.4 is 16.0 Å². The molecule has 5 N–H and O–H groups in total. The molecular weight excluding hydrogens is 300 g/mol. The van der Waals surface area contributed by atoms with E-state index in [2.05, 4.69) is 20.1 Å². The third-order valence-corrected chi connectivity index (χ3v) is 4.05. The molecule has 0 aliphatic rings. The molecule has 112 valence electrons. The van der Waals surface area contributed by atoms with Gasteiger partial charge in [-0.3, -0.25) is 16.0 Å². The lowest BCUT2D eigenvalue weighted by Crippen LogP contribution is -2.25. The van der Waals surface area contributed by atoms with Gasteiger partial charge in [-0.25, -0.2) is 18.1 Å². The number of nitrogens with zero attached hydrogens (tertiary/aromatic N) is 2. The molecule has 21 heavy (non-hydrogen) atoms. The molecule has 0 spiro atoms. The Morgan fingerprint density at radius 2 is 2.19 bits per heavy atom. The maximum Gasteiger partial charge on any atom is 0.270 e. The lowest BCUT2D eigenvalue weighted by atomic mass is 10.3. The summed E-state index contributed by atoms with van der Waals surface area (Å²) in [5.74, 6) is 5.64. The second-order valence-corrected chi connectivity index (χ2v) is 5.68. The quantitative estimate of drug-likeness (QED) is 0.334. The van der Waals surface area contributed by atoms with Crippen molar-refractivity contribution in [3.63, 3.8) is 0 Å². The van der Waals surface area contributed by atoms with Gasteiger partial charge < -0.3 is 10.4 Å². The second-order valence-electron chi connectivity index (χ2n) is 3.94. The molecular formula is C10H12N6O4S. The lowest BCUT2D eigenvalue weighted by molar-refractivity contribution is -0.385. The van der Waals surface area contributed by atoms with Gasteiger partial charge >= 0.3 is 0 Å². The van der Waals surface area contributed by atoms with Gasteiger partial charge in [-0.1, -0.05) is 0 Å². The van der Waals surface area contributed by atoms with Crippen LogP contribution >= 0.6 is 0 Å². The Kier molecular flexibility index (Phi) is 4.16. The molecule has 1 aromatic carbocycles. The van der Waals surface area contributed by atoms with Crippen LogP contribution in [0, 0.1) is 10.1 Å². The van der Waals surface area contributed by atoms with Crippen LogP contribution in [0.1, 0.15) is 5.82 Å². The predicted molar refractivity (Wildman–Crippen MR) is 73.5 cm³/mol. The maximum absolute atomic E-state index is 12.2. The highest BCUT2D eigenvalue weighted by molar-refractivity contribution is 7.89. The first-order chi connectivity index (χ1) is 9.94. The van der Waals surface area contributed by atoms with E-state index >= 15 is 0 Å². The van der Waals surface area contributed by atoms with Crippen LogP contribution in [-0.4, -0.2) is 23.3 Å². The van der Waals surface area contributed by atoms with E-state index < -0.39 is 14.9 Å². The first-order valence-electron chi connectivity index (χ1n) is 5.67. The smallest absolute Gasteiger partial charge is 0.270 e. The Balaban J connectivity index is 2.33. The number of nitrogens with two attached hydrogens (primary N) is 1. The number of sulfonamides is 1. The zero-order chi connectivity index (χ0) is 15.5. The van der Waals surface area contributed by atoms with Gasteiger partial charge in [0.05, 0.1) is 17.2 Å². The number of anilines is 1. The molecule has 0 atom stereocenters. The van der Waals surface area contributed by atoms with Gasteiger partial charge in [0, 0.05) is 24.5 Å². The van der Waals surface area contributed by atoms with Crippen LogP contribution in [-0.2, 0) is 16.6 Å². The van der Waals surface area contributed by atoms with E-state index in [1.807, 2.05) is 0 Å². The van der Waals surface area contributed by atoms with Crippen LogP contribution in [0.15, 0.2) is 35.5 Å². The molecule has 2 rings (SSSR count). The molecule has 0 unspecified atom stereocenters. The van der Waals surface area contributed by atoms with E-state index in [1.54, 1.807) is 6.20 Å². The number of nitro benzene ring substituents is 1. The number of imidazole rings is 1. The summed E-state index contributed by atoms with van der Waals surface area (Å²) in [5, 5.41) is 10.7. The topological polar surface area (TPSA) is 156 Å². The lowest BCUT2D eigenvalue weighted by Gasteiger charge is -2.10. The minimum absolute atomic E-state index is 0.0487. The Hall–Kier alpha value is -2.50. The Bertz CT molecular complexity index is 743. The maximum atomic E-state index is 12.2. The minimum Gasteiger partial charge on any atom is -0.347 e. The molecule has 0 saturated carbocycles. The molecule has 1 aromatic heterocycles. The number of aromatic amines is 1. The monoisotopic (exact) mass is 312 g/mol. The largest absolute Gasteiger partial charge is 0.347 e. The molecule has 1 heterocycles. The summed E-state index contributed by atoms with van der Waals surface area (Å²) in [5.41, 5.74) is 1.89. The minimum atomic E-state index is -3.99. The Morgan fingerprint density at radius 3 is 2.76 bits per heavy atom. The van der Waals surface area contributed by atoms with Gasteiger partial charge in [0.25, 0.3) is 5.69 Å². The summed E-state index contributed by atoms with van der Waals surface area (Å²) < 4.78 is 26.7. The average molecular weight is 312 g/mol. The van der Waals surface area contributed by atoms with Crippen molar-refractivity contribution in [2.24, 2.45) is 5.84 Å². The second kappa shape index (κ2) is 5.87. The number of H-pyrrole nitrogens is 1. The van der Waals surface area contributed by atoms with Crippen molar-refractivity contribution in [2.75, 3.05) is 5.43 Å². The number of rotatable bonds is 6. The van der Waals surface area contributed by atoms with Crippen molar-refractivity contribution < 1.29 is 13.3 Å². The fraction of sp³-hybridized carbons (Fsp3) is 0.100. The fourth-order valence-corrected chi connectivity index (χ4v) is 2.78. The zero-order valence-electron chi connectivity index (χ0n) is 10.6. The number of non-ortho nitro benzene ring substituents is 1. The number of benzene rings is 1. The van der Waals surface area contributed by atoms with Gasteiger partial charge in [0.15, 0.2) is 0 Å². The summed E-state index contributed by atoms with van der Waals surface area (Å²) >= 11 is 0. The average Bonchev–Trinajstić information content (AvgIpc) is 2.98. The number of hydrogen-bond acceptors (Lipinski definition) is 7. The highest BCUT2D eigenvalue weighted by atomic mass is 32.2. The molecule has 0 bridgehead atoms. The standard InChI is InChI=1S/C10H12N6O4S/c11-15-8-2-1-7(16(17)18)5-9(8)21(19,20)14-6-10-12-3-4-13-10/h1-5,14-15H,6,11H2,(H,12,13). The molecule has 0 saturated heterocycles. The molecule has 0 fully saturated rings. The van der Waals surface area contributed by atoms with Crippen molar-refractivity contribution in [1.29, 1.82) is 0 Å². The third-order valence-electron chi connectivity index (χ3n) is 2.61. The van der Waals surface area contributed by atoms with Gasteiger partial charge in [0.1, 0.15) is 10.7 Å². The molecule has 0 amide bonds. The van der Waals surface area contributed by atoms with Crippen molar-refractivity contribution in [2.45, 2.75) is 11.4 Å². The van der Waals surface area contributed by atoms with Crippen LogP contribution in [0.4, 0.5) is 11.4 Å². The fourth-order valence-electron chi connectivity index (χ4n) is 1.60. The molecule has 0 aliphatic carbocycles. The summed E-state index contributed by atoms with van der Waals surface area (Å²) in [4.78, 5) is 16.3. The van der Waals surface area contributed by atoms with Crippen molar-refractivity contribution in [3.05, 3.63) is 46.5 Å². The number of hydrogen-bond donors (Lipinski definition) is 4. The van der Waals surface area contributed by atoms with Gasteiger partial charge in [-0.15, -0.1) is 0 Å². The number of hydrazine groups is 1. The Labute approximate surface area is 119 Å². The SMILES string of the molecule is NNc1ccc([N+](=O)[O-])cc1S(=O)(=O)NCc1ncc[nH]1. The molecule has 10 nitrogen and oxygen atoms in total. The first kappa shape index (κ1) is 14.9. The van der Waals surface area contributed by atoms with Crippen LogP contribution in [0.3, 0.4) is 0 Å². The molecule has 2 aromatic rings. The number of aromatic nitrogens is 2. The van der Waals surface area contributed by atoms with Gasteiger partial charge in [-0.2, -0.15) is 0 Å². The van der Waals surface area contributed by atoms with Gasteiger partial charge in [-0.05, 0) is 6.07 Å². The van der Waals surface area contributed by atoms with E-state index in [9.17, 15) is 18.5 Å². The number of nitrogen functional groups attached to an aromatic ring is 1. The number of nitrogens with one attached hydrogen (secondary N) is 3. The highest BCUT2D eigenvalue weighted by Gasteiger charge is 2.22. The van der Waals surface area contributed by atoms with E-state index in [0.717, 1.165) is 12.1 Å². The van der Waals surface area contributed by atoms with Crippen molar-refractivity contribution >= 4 is 21.4 Å². The zero-order valence-corrected chi connectivity index (χ0v) is 11.4. The summed E-state index contributed by atoms with van der Waals surface area (Å²) in [6.07, 6.45) is 3.02. The van der Waals surface area contributed by atoms with Crippen molar-refractivity contribution in [1.82, 2.24) is 14.7 Å². The number of nitro groups is 1. The summed E-state index contributed by atoms with van der Waals surface area (Å²) in [6, 6.07) is 3.31. The van der Waals surface area contributed by atoms with E-state index in [4.69, 9.17) is 5.84 Å². The summed E-state index contributed by atoms with van der Waals surface area (Å²) in [7, 11) is -3.99. The molecule has 11 heteroatoms. The Morgan fingerprint density at radius 1 is 1.43 bits per heavy atom. The van der Waals surface area contributed by atoms with E-state index in [1.165, 1.54) is 12.3 Å². The summed E-state index contributed by atoms with van der Waals surface area (Å²) in [6.45, 7) is -0.0813. The van der Waals surface area contributed by atoms with E-state index in [0.29, 0.717) is 5.82 Å². The first-order valence-corrected chi connectivity index (χ1v) is 7.15. The molecule has 0 aliphatic heterocycles. The molecule has 0 radical (unpaired) electrons. The van der Waals surface area contributed by atoms with Crippen LogP contribution in [0.5, 0.6) is 0 Å². The van der Waals surface area contributed by atoms with Crippen LogP contribution in [0.2, 0.25) is 0 Å². The third kappa shape index (κ3) is 3.34. The predicted octanol–water partition coefficient (Wildman–Crippen LogP) is 0.0820. The highest BCUT2D eigenvalue weighted by Crippen LogP contribution is 2.25. The van der Waals surface area contributed by atoms with Crippen molar-refractivity contribution in [3.8, 4) is 0 Å². The van der Waals surface area contributed by atoms with Gasteiger partial charge in [0.2, 0.25) is 10.0 Å². The normalized spacial score (nSPS) is 11.3.